The van der Waals surface area contributed by atoms with Crippen molar-refractivity contribution in [3.63, 3.8) is 0 Å². The van der Waals surface area contributed by atoms with Crippen molar-refractivity contribution in [1.82, 2.24) is 0 Å². The predicted octanol–water partition coefficient (Wildman–Crippen LogP) is 2.88. The smallest absolute Gasteiger partial charge is 0.312 e. The molecule has 0 fully saturated rings. The highest BCUT2D eigenvalue weighted by Gasteiger charge is 2.35. The fourth-order valence-electron chi connectivity index (χ4n) is 3.41. The van der Waals surface area contributed by atoms with Crippen LogP contribution in [0, 0.1) is 0 Å². The molecule has 0 amide bonds. The molecule has 136 valence electrons. The van der Waals surface area contributed by atoms with E-state index in [9.17, 15) is 4.79 Å². The highest BCUT2D eigenvalue weighted by Crippen LogP contribution is 2.53. The van der Waals surface area contributed by atoms with Crippen LogP contribution in [-0.4, -0.2) is 34.1 Å². The first kappa shape index (κ1) is 16.4. The third-order valence-corrected chi connectivity index (χ3v) is 4.58. The van der Waals surface area contributed by atoms with Crippen LogP contribution in [0.15, 0.2) is 24.3 Å². The van der Waals surface area contributed by atoms with E-state index in [0.717, 1.165) is 11.1 Å². The average molecular weight is 358 g/mol. The molecule has 26 heavy (non-hydrogen) atoms. The second-order valence-corrected chi connectivity index (χ2v) is 5.90. The van der Waals surface area contributed by atoms with Gasteiger partial charge < -0.3 is 28.4 Å². The number of fused-ring (bicyclic) bond motifs is 2. The number of carbonyl (C=O) groups excluding carboxylic acids is 1. The van der Waals surface area contributed by atoms with Gasteiger partial charge in [0, 0.05) is 23.1 Å². The second-order valence-electron chi connectivity index (χ2n) is 5.90. The maximum atomic E-state index is 12.2. The highest BCUT2D eigenvalue weighted by molar-refractivity contribution is 5.79. The van der Waals surface area contributed by atoms with Gasteiger partial charge in [0.1, 0.15) is 11.5 Å². The maximum Gasteiger partial charge on any atom is 0.312 e. The lowest BCUT2D eigenvalue weighted by Gasteiger charge is -2.27. The minimum absolute atomic E-state index is 0.110. The lowest BCUT2D eigenvalue weighted by molar-refractivity contribution is -0.135. The molecule has 2 aliphatic heterocycles. The van der Waals surface area contributed by atoms with Gasteiger partial charge in [-0.05, 0) is 12.1 Å². The summed E-state index contributed by atoms with van der Waals surface area (Å²) in [4.78, 5) is 12.2. The Bertz CT molecular complexity index is 875. The van der Waals surface area contributed by atoms with Gasteiger partial charge in [0.25, 0.3) is 0 Å². The van der Waals surface area contributed by atoms with Gasteiger partial charge in [-0.25, -0.2) is 0 Å². The molecule has 0 aromatic heterocycles. The monoisotopic (exact) mass is 358 g/mol. The summed E-state index contributed by atoms with van der Waals surface area (Å²) in [5.74, 6) is 2.53. The summed E-state index contributed by atoms with van der Waals surface area (Å²) in [6, 6.07) is 7.26. The quantitative estimate of drug-likeness (QED) is 0.615. The molecule has 7 nitrogen and oxygen atoms in total. The van der Waals surface area contributed by atoms with E-state index in [1.54, 1.807) is 20.3 Å². The van der Waals surface area contributed by atoms with Gasteiger partial charge in [0.15, 0.2) is 11.5 Å². The largest absolute Gasteiger partial charge is 0.497 e. The number of rotatable bonds is 4. The molecule has 2 aromatic carbocycles. The number of hydrogen-bond acceptors (Lipinski definition) is 7. The molecule has 0 saturated heterocycles. The minimum Gasteiger partial charge on any atom is -0.497 e. The normalized spacial score (nSPS) is 17.3. The van der Waals surface area contributed by atoms with Crippen LogP contribution >= 0.6 is 0 Å². The fraction of sp³-hybridized carbons (Fsp3) is 0.316. The van der Waals surface area contributed by atoms with E-state index in [1.807, 2.05) is 18.2 Å². The molecule has 2 aliphatic rings. The van der Waals surface area contributed by atoms with Crippen molar-refractivity contribution in [1.29, 1.82) is 0 Å². The Kier molecular flexibility index (Phi) is 3.99. The summed E-state index contributed by atoms with van der Waals surface area (Å²) in [6.45, 7) is 0.110. The SMILES string of the molecule is COc1ccc2c(c1)OC(=O)C[C@H]2c1cc2c(c(OC)c1OC)OCO2. The van der Waals surface area contributed by atoms with Crippen molar-refractivity contribution < 1.29 is 33.2 Å². The van der Waals surface area contributed by atoms with Gasteiger partial charge >= 0.3 is 5.97 Å². The number of hydrogen-bond donors (Lipinski definition) is 0. The van der Waals surface area contributed by atoms with Crippen molar-refractivity contribution in [3.8, 4) is 34.5 Å². The highest BCUT2D eigenvalue weighted by atomic mass is 16.7. The molecule has 0 unspecified atom stereocenters. The Morgan fingerprint density at radius 1 is 0.923 bits per heavy atom. The predicted molar refractivity (Wildman–Crippen MR) is 90.8 cm³/mol. The van der Waals surface area contributed by atoms with Gasteiger partial charge in [0.05, 0.1) is 27.8 Å². The lowest BCUT2D eigenvalue weighted by atomic mass is 9.85. The summed E-state index contributed by atoms with van der Waals surface area (Å²) in [6.07, 6.45) is 0.179. The van der Waals surface area contributed by atoms with Crippen molar-refractivity contribution in [2.75, 3.05) is 28.1 Å². The van der Waals surface area contributed by atoms with Gasteiger partial charge in [-0.1, -0.05) is 6.07 Å². The molecular formula is C19H18O7. The molecular weight excluding hydrogens is 340 g/mol. The molecule has 4 rings (SSSR count). The van der Waals surface area contributed by atoms with E-state index in [2.05, 4.69) is 0 Å². The lowest BCUT2D eigenvalue weighted by Crippen LogP contribution is -2.21. The van der Waals surface area contributed by atoms with Gasteiger partial charge in [-0.15, -0.1) is 0 Å². The third-order valence-electron chi connectivity index (χ3n) is 4.58. The van der Waals surface area contributed by atoms with Crippen LogP contribution in [-0.2, 0) is 4.79 Å². The Balaban J connectivity index is 1.90. The number of methoxy groups -OCH3 is 3. The molecule has 0 saturated carbocycles. The van der Waals surface area contributed by atoms with Crippen LogP contribution < -0.4 is 28.4 Å². The van der Waals surface area contributed by atoms with Crippen molar-refractivity contribution >= 4 is 5.97 Å². The van der Waals surface area contributed by atoms with Gasteiger partial charge in [0.2, 0.25) is 18.3 Å². The number of esters is 1. The summed E-state index contributed by atoms with van der Waals surface area (Å²) in [5.41, 5.74) is 1.64. The van der Waals surface area contributed by atoms with Gasteiger partial charge in [-0.3, -0.25) is 4.79 Å². The van der Waals surface area contributed by atoms with Crippen molar-refractivity contribution in [2.45, 2.75) is 12.3 Å². The molecule has 0 aliphatic carbocycles. The van der Waals surface area contributed by atoms with Crippen molar-refractivity contribution in [2.24, 2.45) is 0 Å². The topological polar surface area (TPSA) is 72.5 Å². The number of benzene rings is 2. The van der Waals surface area contributed by atoms with E-state index >= 15 is 0 Å². The Labute approximate surface area is 150 Å². The Morgan fingerprint density at radius 3 is 2.46 bits per heavy atom. The maximum absolute atomic E-state index is 12.2. The zero-order valence-electron chi connectivity index (χ0n) is 14.7. The Morgan fingerprint density at radius 2 is 1.73 bits per heavy atom. The molecule has 1 atom stereocenters. The first-order valence-corrected chi connectivity index (χ1v) is 8.09. The standard InChI is InChI=1S/C19H18O7/c1-21-10-4-5-11-12(8-16(20)26-14(11)6-10)13-7-15-18(25-9-24-15)19(23-3)17(13)22-2/h4-7,12H,8-9H2,1-3H3/t12-/m1/s1. The first-order valence-electron chi connectivity index (χ1n) is 8.09. The fourth-order valence-corrected chi connectivity index (χ4v) is 3.41. The summed E-state index contributed by atoms with van der Waals surface area (Å²) in [7, 11) is 4.66. The van der Waals surface area contributed by atoms with Crippen LogP contribution in [0.1, 0.15) is 23.5 Å². The summed E-state index contributed by atoms with van der Waals surface area (Å²) < 4.78 is 32.7. The molecule has 2 aromatic rings. The van der Waals surface area contributed by atoms with Crippen LogP contribution in [0.4, 0.5) is 0 Å². The van der Waals surface area contributed by atoms with Crippen LogP contribution in [0.3, 0.4) is 0 Å². The summed E-state index contributed by atoms with van der Waals surface area (Å²) in [5, 5.41) is 0. The van der Waals surface area contributed by atoms with Crippen LogP contribution in [0.25, 0.3) is 0 Å². The molecule has 0 spiro atoms. The van der Waals surface area contributed by atoms with E-state index in [0.29, 0.717) is 34.5 Å². The van der Waals surface area contributed by atoms with E-state index in [-0.39, 0.29) is 25.1 Å². The second kappa shape index (κ2) is 6.33. The van der Waals surface area contributed by atoms with E-state index in [1.165, 1.54) is 7.11 Å². The van der Waals surface area contributed by atoms with E-state index < -0.39 is 0 Å². The number of ether oxygens (including phenoxy) is 6. The molecule has 0 N–H and O–H groups in total. The zero-order valence-corrected chi connectivity index (χ0v) is 14.7. The molecule has 0 bridgehead atoms. The molecule has 0 radical (unpaired) electrons. The zero-order chi connectivity index (χ0) is 18.3. The minimum atomic E-state index is -0.325. The first-order chi connectivity index (χ1) is 12.7. The van der Waals surface area contributed by atoms with E-state index in [4.69, 9.17) is 28.4 Å². The molecule has 2 heterocycles. The van der Waals surface area contributed by atoms with Crippen LogP contribution in [0.2, 0.25) is 0 Å². The summed E-state index contributed by atoms with van der Waals surface area (Å²) >= 11 is 0. The van der Waals surface area contributed by atoms with Crippen LogP contribution in [0.5, 0.6) is 34.5 Å². The third kappa shape index (κ3) is 2.47. The molecule has 7 heteroatoms. The Hall–Kier alpha value is -3.09. The number of carbonyl (C=O) groups is 1. The average Bonchev–Trinajstić information content (AvgIpc) is 3.13. The van der Waals surface area contributed by atoms with Crippen molar-refractivity contribution in [3.05, 3.63) is 35.4 Å². The van der Waals surface area contributed by atoms with Gasteiger partial charge in [-0.2, -0.15) is 0 Å².